The molecule has 10 heteroatoms. The third-order valence-corrected chi connectivity index (χ3v) is 8.29. The average Bonchev–Trinajstić information content (AvgIpc) is 3.24. The number of piperidine rings is 1. The zero-order valence-electron chi connectivity index (χ0n) is 16.1. The molecule has 0 radical (unpaired) electrons. The minimum atomic E-state index is -3.74. The summed E-state index contributed by atoms with van der Waals surface area (Å²) in [6, 6.07) is 3.73. The minimum absolute atomic E-state index is 0.0225. The number of amides is 1. The van der Waals surface area contributed by atoms with E-state index in [2.05, 4.69) is 5.16 Å². The second-order valence-corrected chi connectivity index (χ2v) is 10.6. The molecule has 1 aliphatic heterocycles. The van der Waals surface area contributed by atoms with Crippen molar-refractivity contribution in [1.29, 1.82) is 0 Å². The third kappa shape index (κ3) is 4.27. The summed E-state index contributed by atoms with van der Waals surface area (Å²) in [5.41, 5.74) is 0.343. The number of carbonyl (C=O) groups excluding carboxylic acids is 1. The normalized spacial score (nSPS) is 18.4. The molecule has 0 N–H and O–H groups in total. The van der Waals surface area contributed by atoms with Gasteiger partial charge in [-0.05, 0) is 45.7 Å². The molecule has 1 aliphatic rings. The van der Waals surface area contributed by atoms with Crippen molar-refractivity contribution < 1.29 is 17.7 Å². The highest BCUT2D eigenvalue weighted by Gasteiger charge is 2.37. The first-order valence-electron chi connectivity index (χ1n) is 9.20. The summed E-state index contributed by atoms with van der Waals surface area (Å²) in [7, 11) is -3.74. The molecule has 1 amide bonds. The Morgan fingerprint density at radius 1 is 1.43 bits per heavy atom. The van der Waals surface area contributed by atoms with Crippen molar-refractivity contribution in [1.82, 2.24) is 14.4 Å². The molecule has 1 saturated heterocycles. The van der Waals surface area contributed by atoms with Gasteiger partial charge in [-0.2, -0.15) is 4.31 Å². The molecular weight excluding hydrogens is 422 g/mol. The maximum absolute atomic E-state index is 13.1. The van der Waals surface area contributed by atoms with Crippen molar-refractivity contribution >= 4 is 38.9 Å². The zero-order valence-corrected chi connectivity index (χ0v) is 18.5. The van der Waals surface area contributed by atoms with Crippen LogP contribution in [0.3, 0.4) is 0 Å². The summed E-state index contributed by atoms with van der Waals surface area (Å²) in [6.45, 7) is 6.73. The van der Waals surface area contributed by atoms with E-state index in [1.165, 1.54) is 15.6 Å². The number of halogens is 1. The Bertz CT molecular complexity index is 934. The first-order valence-corrected chi connectivity index (χ1v) is 11.8. The SMILES string of the molecule is CCN(Cc1ccc(Cl)s1)C(=O)C1CCCN(S(=O)(=O)c2c(C)noc2C)C1. The van der Waals surface area contributed by atoms with Gasteiger partial charge in [0.2, 0.25) is 15.9 Å². The first-order chi connectivity index (χ1) is 13.2. The van der Waals surface area contributed by atoms with Gasteiger partial charge in [-0.15, -0.1) is 11.3 Å². The molecule has 2 aromatic heterocycles. The highest BCUT2D eigenvalue weighted by molar-refractivity contribution is 7.89. The monoisotopic (exact) mass is 445 g/mol. The molecule has 7 nitrogen and oxygen atoms in total. The lowest BCUT2D eigenvalue weighted by atomic mass is 9.98. The number of nitrogens with zero attached hydrogens (tertiary/aromatic N) is 3. The third-order valence-electron chi connectivity index (χ3n) is 4.97. The van der Waals surface area contributed by atoms with Gasteiger partial charge in [0.05, 0.1) is 16.8 Å². The van der Waals surface area contributed by atoms with Crippen LogP contribution in [0.15, 0.2) is 21.6 Å². The Morgan fingerprint density at radius 3 is 2.75 bits per heavy atom. The fraction of sp³-hybridized carbons (Fsp3) is 0.556. The number of aryl methyl sites for hydroxylation is 2. The number of hydrogen-bond donors (Lipinski definition) is 0. The van der Waals surface area contributed by atoms with E-state index in [1.54, 1.807) is 18.7 Å². The fourth-order valence-electron chi connectivity index (χ4n) is 3.56. The first kappa shape index (κ1) is 21.3. The van der Waals surface area contributed by atoms with Crippen molar-refractivity contribution in [3.8, 4) is 0 Å². The van der Waals surface area contributed by atoms with Gasteiger partial charge in [0.15, 0.2) is 5.76 Å². The Labute approximate surface area is 174 Å². The van der Waals surface area contributed by atoms with E-state index < -0.39 is 10.0 Å². The van der Waals surface area contributed by atoms with Crippen molar-refractivity contribution in [2.24, 2.45) is 5.92 Å². The largest absolute Gasteiger partial charge is 0.360 e. The number of sulfonamides is 1. The number of rotatable bonds is 6. The summed E-state index contributed by atoms with van der Waals surface area (Å²) in [6.07, 6.45) is 1.32. The topological polar surface area (TPSA) is 83.7 Å². The average molecular weight is 446 g/mol. The smallest absolute Gasteiger partial charge is 0.248 e. The van der Waals surface area contributed by atoms with Gasteiger partial charge in [-0.3, -0.25) is 4.79 Å². The van der Waals surface area contributed by atoms with Gasteiger partial charge in [0.1, 0.15) is 10.6 Å². The van der Waals surface area contributed by atoms with E-state index in [9.17, 15) is 13.2 Å². The molecule has 0 saturated carbocycles. The Hall–Kier alpha value is -1.42. The molecule has 1 unspecified atom stereocenters. The summed E-state index contributed by atoms with van der Waals surface area (Å²) >= 11 is 7.44. The van der Waals surface area contributed by atoms with Crippen molar-refractivity contribution in [2.75, 3.05) is 19.6 Å². The second kappa shape index (κ2) is 8.52. The lowest BCUT2D eigenvalue weighted by Gasteiger charge is -2.34. The second-order valence-electron chi connectivity index (χ2n) is 6.91. The molecule has 1 atom stereocenters. The molecule has 3 rings (SSSR count). The van der Waals surface area contributed by atoms with Crippen molar-refractivity contribution in [2.45, 2.75) is 45.1 Å². The molecule has 3 heterocycles. The number of hydrogen-bond acceptors (Lipinski definition) is 6. The maximum Gasteiger partial charge on any atom is 0.248 e. The van der Waals surface area contributed by atoms with Gasteiger partial charge >= 0.3 is 0 Å². The predicted octanol–water partition coefficient (Wildman–Crippen LogP) is 3.46. The minimum Gasteiger partial charge on any atom is -0.360 e. The van der Waals surface area contributed by atoms with Crippen molar-refractivity contribution in [3.63, 3.8) is 0 Å². The van der Waals surface area contributed by atoms with Crippen LogP contribution in [-0.2, 0) is 21.4 Å². The summed E-state index contributed by atoms with van der Waals surface area (Å²) < 4.78 is 33.3. The van der Waals surface area contributed by atoms with Crippen LogP contribution >= 0.6 is 22.9 Å². The van der Waals surface area contributed by atoms with Gasteiger partial charge in [-0.25, -0.2) is 8.42 Å². The quantitative estimate of drug-likeness (QED) is 0.679. The van der Waals surface area contributed by atoms with E-state index in [-0.39, 0.29) is 29.0 Å². The van der Waals surface area contributed by atoms with Crippen LogP contribution in [0.25, 0.3) is 0 Å². The molecule has 28 heavy (non-hydrogen) atoms. The Morgan fingerprint density at radius 2 is 2.18 bits per heavy atom. The number of aromatic nitrogens is 1. The number of thiophene rings is 1. The van der Waals surface area contributed by atoms with Gasteiger partial charge < -0.3 is 9.42 Å². The van der Waals surface area contributed by atoms with E-state index in [0.29, 0.717) is 42.5 Å². The van der Waals surface area contributed by atoms with Crippen LogP contribution in [-0.4, -0.2) is 48.3 Å². The van der Waals surface area contributed by atoms with Crippen LogP contribution in [0.1, 0.15) is 36.1 Å². The molecule has 2 aromatic rings. The zero-order chi connectivity index (χ0) is 20.5. The van der Waals surface area contributed by atoms with Crippen LogP contribution in [0.4, 0.5) is 0 Å². The Balaban J connectivity index is 1.75. The van der Waals surface area contributed by atoms with E-state index in [4.69, 9.17) is 16.1 Å². The van der Waals surface area contributed by atoms with E-state index >= 15 is 0 Å². The predicted molar refractivity (Wildman–Crippen MR) is 108 cm³/mol. The van der Waals surface area contributed by atoms with Crippen molar-refractivity contribution in [3.05, 3.63) is 32.8 Å². The summed E-state index contributed by atoms with van der Waals surface area (Å²) in [5.74, 6) is -0.110. The van der Waals surface area contributed by atoms with Crippen LogP contribution in [0, 0.1) is 19.8 Å². The van der Waals surface area contributed by atoms with Crippen LogP contribution < -0.4 is 0 Å². The van der Waals surface area contributed by atoms with Gasteiger partial charge in [0.25, 0.3) is 0 Å². The standard InChI is InChI=1S/C18H24ClN3O4S2/c1-4-21(11-15-7-8-16(19)27-15)18(23)14-6-5-9-22(10-14)28(24,25)17-12(2)20-26-13(17)3/h7-8,14H,4-6,9-11H2,1-3H3. The van der Waals surface area contributed by atoms with E-state index in [0.717, 1.165) is 4.88 Å². The van der Waals surface area contributed by atoms with Crippen LogP contribution in [0.5, 0.6) is 0 Å². The highest BCUT2D eigenvalue weighted by Crippen LogP contribution is 2.29. The fourth-order valence-corrected chi connectivity index (χ4v) is 6.48. The summed E-state index contributed by atoms with van der Waals surface area (Å²) in [4.78, 5) is 16.0. The molecular formula is C18H24ClN3O4S2. The number of carbonyl (C=O) groups is 1. The van der Waals surface area contributed by atoms with E-state index in [1.807, 2.05) is 19.1 Å². The molecule has 0 aliphatic carbocycles. The van der Waals surface area contributed by atoms with Crippen LogP contribution in [0.2, 0.25) is 4.34 Å². The molecule has 0 spiro atoms. The summed E-state index contributed by atoms with van der Waals surface area (Å²) in [5, 5.41) is 3.76. The molecule has 0 bridgehead atoms. The molecule has 154 valence electrons. The lowest BCUT2D eigenvalue weighted by molar-refractivity contribution is -0.137. The molecule has 0 aromatic carbocycles. The Kier molecular flexibility index (Phi) is 6.48. The highest BCUT2D eigenvalue weighted by atomic mass is 35.5. The lowest BCUT2D eigenvalue weighted by Crippen LogP contribution is -2.46. The maximum atomic E-state index is 13.1. The molecule has 1 fully saturated rings. The van der Waals surface area contributed by atoms with Gasteiger partial charge in [-0.1, -0.05) is 16.8 Å². The van der Waals surface area contributed by atoms with Gasteiger partial charge in [0, 0.05) is 24.5 Å².